The molecular formula is C13H23N. The molecule has 14 heavy (non-hydrogen) atoms. The highest BCUT2D eigenvalue weighted by Gasteiger charge is 2.38. The topological polar surface area (TPSA) is 12.0 Å². The Morgan fingerprint density at radius 1 is 0.643 bits per heavy atom. The molecule has 4 atom stereocenters. The van der Waals surface area contributed by atoms with Crippen molar-refractivity contribution in [3.63, 3.8) is 0 Å². The van der Waals surface area contributed by atoms with Gasteiger partial charge in [0.25, 0.3) is 0 Å². The van der Waals surface area contributed by atoms with Crippen LogP contribution in [0.5, 0.6) is 0 Å². The SMILES string of the molecule is C1CC[C@@H]2N[C@H]3CCCC[C@H]3C[C@H]2C1. The van der Waals surface area contributed by atoms with E-state index in [1.807, 2.05) is 0 Å². The first-order chi connectivity index (χ1) is 6.93. The van der Waals surface area contributed by atoms with Crippen molar-refractivity contribution in [3.05, 3.63) is 0 Å². The second-order valence-corrected chi connectivity index (χ2v) is 5.70. The quantitative estimate of drug-likeness (QED) is 0.623. The van der Waals surface area contributed by atoms with Crippen LogP contribution in [0.1, 0.15) is 57.8 Å². The molecule has 3 aliphatic rings. The summed E-state index contributed by atoms with van der Waals surface area (Å²) in [4.78, 5) is 0. The summed E-state index contributed by atoms with van der Waals surface area (Å²) < 4.78 is 0. The Morgan fingerprint density at radius 3 is 1.71 bits per heavy atom. The summed E-state index contributed by atoms with van der Waals surface area (Å²) in [7, 11) is 0. The van der Waals surface area contributed by atoms with Crippen LogP contribution in [0.3, 0.4) is 0 Å². The molecule has 0 aromatic carbocycles. The highest BCUT2D eigenvalue weighted by molar-refractivity contribution is 4.95. The predicted octanol–water partition coefficient (Wildman–Crippen LogP) is 3.10. The van der Waals surface area contributed by atoms with E-state index in [9.17, 15) is 0 Å². The second-order valence-electron chi connectivity index (χ2n) is 5.70. The number of piperidine rings is 1. The van der Waals surface area contributed by atoms with E-state index in [1.54, 1.807) is 6.42 Å². The Balaban J connectivity index is 1.68. The number of fused-ring (bicyclic) bond motifs is 2. The zero-order chi connectivity index (χ0) is 9.38. The molecule has 0 unspecified atom stereocenters. The van der Waals surface area contributed by atoms with Crippen LogP contribution in [0.4, 0.5) is 0 Å². The van der Waals surface area contributed by atoms with Crippen LogP contribution >= 0.6 is 0 Å². The first-order valence-electron chi connectivity index (χ1n) is 6.69. The molecule has 0 aromatic heterocycles. The van der Waals surface area contributed by atoms with E-state index in [4.69, 9.17) is 0 Å². The molecule has 3 fully saturated rings. The van der Waals surface area contributed by atoms with E-state index in [0.717, 1.165) is 23.9 Å². The van der Waals surface area contributed by atoms with Crippen molar-refractivity contribution in [2.24, 2.45) is 11.8 Å². The van der Waals surface area contributed by atoms with Crippen LogP contribution in [0.15, 0.2) is 0 Å². The summed E-state index contributed by atoms with van der Waals surface area (Å²) in [6.45, 7) is 0. The molecule has 1 heterocycles. The van der Waals surface area contributed by atoms with Gasteiger partial charge in [-0.1, -0.05) is 25.7 Å². The molecule has 2 saturated carbocycles. The summed E-state index contributed by atoms with van der Waals surface area (Å²) in [6, 6.07) is 1.81. The van der Waals surface area contributed by atoms with Crippen LogP contribution in [-0.2, 0) is 0 Å². The predicted molar refractivity (Wildman–Crippen MR) is 59.2 cm³/mol. The lowest BCUT2D eigenvalue weighted by molar-refractivity contribution is 0.0955. The van der Waals surface area contributed by atoms with Gasteiger partial charge in [0.05, 0.1) is 0 Å². The molecule has 1 aliphatic heterocycles. The Kier molecular flexibility index (Phi) is 2.53. The summed E-state index contributed by atoms with van der Waals surface area (Å²) >= 11 is 0. The number of hydrogen-bond donors (Lipinski definition) is 1. The second kappa shape index (κ2) is 3.84. The van der Waals surface area contributed by atoms with Gasteiger partial charge in [-0.3, -0.25) is 0 Å². The van der Waals surface area contributed by atoms with Gasteiger partial charge >= 0.3 is 0 Å². The maximum absolute atomic E-state index is 3.96. The number of rotatable bonds is 0. The van der Waals surface area contributed by atoms with E-state index in [0.29, 0.717) is 0 Å². The maximum Gasteiger partial charge on any atom is 0.00981 e. The Labute approximate surface area is 87.7 Å². The van der Waals surface area contributed by atoms with E-state index >= 15 is 0 Å². The molecule has 0 amide bonds. The lowest BCUT2D eigenvalue weighted by Gasteiger charge is -2.47. The summed E-state index contributed by atoms with van der Waals surface area (Å²) in [5.41, 5.74) is 0. The minimum absolute atomic E-state index is 0.906. The fraction of sp³-hybridized carbons (Fsp3) is 1.00. The fourth-order valence-electron chi connectivity index (χ4n) is 4.08. The monoisotopic (exact) mass is 193 g/mol. The summed E-state index contributed by atoms with van der Waals surface area (Å²) in [5, 5.41) is 3.96. The molecule has 0 bridgehead atoms. The lowest BCUT2D eigenvalue weighted by Crippen LogP contribution is -2.54. The molecule has 0 spiro atoms. The van der Waals surface area contributed by atoms with Crippen LogP contribution < -0.4 is 5.32 Å². The molecule has 0 radical (unpaired) electrons. The van der Waals surface area contributed by atoms with Crippen LogP contribution in [-0.4, -0.2) is 12.1 Å². The van der Waals surface area contributed by atoms with Gasteiger partial charge in [0.1, 0.15) is 0 Å². The van der Waals surface area contributed by atoms with Gasteiger partial charge in [-0.05, 0) is 43.9 Å². The fourth-order valence-corrected chi connectivity index (χ4v) is 4.08. The average Bonchev–Trinajstić information content (AvgIpc) is 2.26. The first kappa shape index (κ1) is 9.21. The van der Waals surface area contributed by atoms with Gasteiger partial charge in [-0.25, -0.2) is 0 Å². The van der Waals surface area contributed by atoms with Crippen LogP contribution in [0, 0.1) is 11.8 Å². The minimum Gasteiger partial charge on any atom is -0.311 e. The lowest BCUT2D eigenvalue weighted by atomic mass is 9.69. The van der Waals surface area contributed by atoms with Gasteiger partial charge in [0.15, 0.2) is 0 Å². The van der Waals surface area contributed by atoms with Crippen LogP contribution in [0.2, 0.25) is 0 Å². The van der Waals surface area contributed by atoms with Gasteiger partial charge < -0.3 is 5.32 Å². The van der Waals surface area contributed by atoms with Crippen molar-refractivity contribution >= 4 is 0 Å². The standard InChI is InChI=1S/C13H23N/c1-3-7-12-10(5-1)9-11-6-2-4-8-13(11)14-12/h10-14H,1-9H2/t10-,11+,12-,13-/m0/s1. The third-order valence-corrected chi connectivity index (χ3v) is 4.85. The number of hydrogen-bond acceptors (Lipinski definition) is 1. The molecule has 1 nitrogen and oxygen atoms in total. The highest BCUT2D eigenvalue weighted by Crippen LogP contribution is 2.40. The highest BCUT2D eigenvalue weighted by atomic mass is 15.0. The molecule has 1 heteroatoms. The minimum atomic E-state index is 0.906. The van der Waals surface area contributed by atoms with E-state index in [-0.39, 0.29) is 0 Å². The van der Waals surface area contributed by atoms with Crippen molar-refractivity contribution in [3.8, 4) is 0 Å². The van der Waals surface area contributed by atoms with Gasteiger partial charge in [0.2, 0.25) is 0 Å². The Bertz CT molecular complexity index is 159. The summed E-state index contributed by atoms with van der Waals surface area (Å²) in [5.74, 6) is 2.09. The van der Waals surface area contributed by atoms with Crippen LogP contribution in [0.25, 0.3) is 0 Å². The summed E-state index contributed by atoms with van der Waals surface area (Å²) in [6.07, 6.45) is 13.5. The molecule has 0 aromatic rings. The van der Waals surface area contributed by atoms with Gasteiger partial charge in [0, 0.05) is 12.1 Å². The molecule has 3 rings (SSSR count). The molecular weight excluding hydrogens is 170 g/mol. The van der Waals surface area contributed by atoms with Gasteiger partial charge in [-0.2, -0.15) is 0 Å². The van der Waals surface area contributed by atoms with Crippen molar-refractivity contribution in [1.82, 2.24) is 5.32 Å². The Hall–Kier alpha value is -0.0400. The normalized spacial score (nSPS) is 48.0. The zero-order valence-corrected chi connectivity index (χ0v) is 9.17. The molecule has 1 saturated heterocycles. The van der Waals surface area contributed by atoms with Crippen molar-refractivity contribution in [1.29, 1.82) is 0 Å². The molecule has 1 N–H and O–H groups in total. The largest absolute Gasteiger partial charge is 0.311 e. The van der Waals surface area contributed by atoms with Gasteiger partial charge in [-0.15, -0.1) is 0 Å². The Morgan fingerprint density at radius 2 is 1.14 bits per heavy atom. The maximum atomic E-state index is 3.96. The first-order valence-corrected chi connectivity index (χ1v) is 6.69. The van der Waals surface area contributed by atoms with E-state index < -0.39 is 0 Å². The van der Waals surface area contributed by atoms with E-state index in [2.05, 4.69) is 5.32 Å². The third-order valence-electron chi connectivity index (χ3n) is 4.85. The average molecular weight is 193 g/mol. The van der Waals surface area contributed by atoms with Crippen molar-refractivity contribution in [2.75, 3.05) is 0 Å². The van der Waals surface area contributed by atoms with Crippen molar-refractivity contribution in [2.45, 2.75) is 69.9 Å². The zero-order valence-electron chi connectivity index (χ0n) is 9.17. The van der Waals surface area contributed by atoms with E-state index in [1.165, 1.54) is 51.4 Å². The number of nitrogens with one attached hydrogen (secondary N) is 1. The van der Waals surface area contributed by atoms with Crippen molar-refractivity contribution < 1.29 is 0 Å². The molecule has 80 valence electrons. The molecule has 2 aliphatic carbocycles. The third kappa shape index (κ3) is 1.60. The smallest absolute Gasteiger partial charge is 0.00981 e.